The maximum absolute atomic E-state index is 12.8. The molecular weight excluding hydrogens is 243 g/mol. The number of nitrogens with zero attached hydrogens (tertiary/aromatic N) is 1. The monoisotopic (exact) mass is 262 g/mol. The van der Waals surface area contributed by atoms with Crippen molar-refractivity contribution in [1.29, 1.82) is 0 Å². The number of hydrogen-bond donors (Lipinski definition) is 1. The zero-order valence-electron chi connectivity index (χ0n) is 11.1. The first-order valence-electron chi connectivity index (χ1n) is 6.58. The lowest BCUT2D eigenvalue weighted by Gasteiger charge is -2.21. The van der Waals surface area contributed by atoms with E-state index in [1.807, 2.05) is 12.2 Å². The molecular formula is C15H19FN2O. The number of likely N-dealkylation sites (N-methyl/N-ethyl adjacent to an activating group) is 1. The van der Waals surface area contributed by atoms with E-state index in [0.29, 0.717) is 0 Å². The molecule has 1 aromatic rings. The van der Waals surface area contributed by atoms with E-state index in [4.69, 9.17) is 0 Å². The molecule has 1 N–H and O–H groups in total. The van der Waals surface area contributed by atoms with Crippen LogP contribution in [-0.2, 0) is 4.79 Å². The maximum Gasteiger partial charge on any atom is 0.237 e. The number of likely N-dealkylation sites (tertiary alicyclic amines) is 1. The SMILES string of the molecule is CNC(=O)C1CCCN1CC=Cc1ccc(F)cc1. The van der Waals surface area contributed by atoms with Gasteiger partial charge in [-0.15, -0.1) is 0 Å². The maximum atomic E-state index is 12.8. The summed E-state index contributed by atoms with van der Waals surface area (Å²) in [6.07, 6.45) is 5.96. The van der Waals surface area contributed by atoms with Crippen LogP contribution in [0.2, 0.25) is 0 Å². The van der Waals surface area contributed by atoms with E-state index in [9.17, 15) is 9.18 Å². The number of hydrogen-bond acceptors (Lipinski definition) is 2. The molecule has 1 unspecified atom stereocenters. The van der Waals surface area contributed by atoms with Crippen LogP contribution >= 0.6 is 0 Å². The van der Waals surface area contributed by atoms with Crippen molar-refractivity contribution in [2.24, 2.45) is 0 Å². The molecule has 4 heteroatoms. The van der Waals surface area contributed by atoms with Crippen LogP contribution in [0, 0.1) is 5.82 Å². The second-order valence-corrected chi connectivity index (χ2v) is 4.72. The number of rotatable bonds is 4. The number of carbonyl (C=O) groups excluding carboxylic acids is 1. The number of benzene rings is 1. The summed E-state index contributed by atoms with van der Waals surface area (Å²) in [5.41, 5.74) is 0.970. The molecule has 1 fully saturated rings. The molecule has 1 aromatic carbocycles. The van der Waals surface area contributed by atoms with Crippen LogP contribution in [0.3, 0.4) is 0 Å². The largest absolute Gasteiger partial charge is 0.358 e. The Labute approximate surface area is 113 Å². The summed E-state index contributed by atoms with van der Waals surface area (Å²) >= 11 is 0. The Morgan fingerprint density at radius 3 is 2.89 bits per heavy atom. The van der Waals surface area contributed by atoms with Crippen LogP contribution in [-0.4, -0.2) is 37.0 Å². The van der Waals surface area contributed by atoms with Crippen molar-refractivity contribution in [1.82, 2.24) is 10.2 Å². The van der Waals surface area contributed by atoms with Crippen molar-refractivity contribution >= 4 is 12.0 Å². The number of amides is 1. The van der Waals surface area contributed by atoms with E-state index >= 15 is 0 Å². The Balaban J connectivity index is 1.90. The van der Waals surface area contributed by atoms with Crippen LogP contribution in [0.15, 0.2) is 30.3 Å². The quantitative estimate of drug-likeness (QED) is 0.900. The minimum atomic E-state index is -0.226. The van der Waals surface area contributed by atoms with Gasteiger partial charge in [-0.05, 0) is 37.1 Å². The van der Waals surface area contributed by atoms with Crippen molar-refractivity contribution in [3.05, 3.63) is 41.7 Å². The summed E-state index contributed by atoms with van der Waals surface area (Å²) < 4.78 is 12.8. The summed E-state index contributed by atoms with van der Waals surface area (Å²) in [5, 5.41) is 2.70. The van der Waals surface area contributed by atoms with Gasteiger partial charge in [0, 0.05) is 13.6 Å². The average molecular weight is 262 g/mol. The normalized spacial score (nSPS) is 20.0. The summed E-state index contributed by atoms with van der Waals surface area (Å²) in [6, 6.07) is 6.37. The van der Waals surface area contributed by atoms with Crippen molar-refractivity contribution in [2.75, 3.05) is 20.1 Å². The van der Waals surface area contributed by atoms with Crippen LogP contribution in [0.5, 0.6) is 0 Å². The first-order chi connectivity index (χ1) is 9.20. The molecule has 0 saturated carbocycles. The number of carbonyl (C=O) groups is 1. The molecule has 1 heterocycles. The molecule has 0 aromatic heterocycles. The van der Waals surface area contributed by atoms with Crippen LogP contribution in [0.4, 0.5) is 4.39 Å². The van der Waals surface area contributed by atoms with Crippen molar-refractivity contribution in [3.63, 3.8) is 0 Å². The zero-order chi connectivity index (χ0) is 13.7. The van der Waals surface area contributed by atoms with Crippen molar-refractivity contribution < 1.29 is 9.18 Å². The van der Waals surface area contributed by atoms with Crippen LogP contribution in [0.1, 0.15) is 18.4 Å². The third-order valence-electron chi connectivity index (χ3n) is 3.43. The highest BCUT2D eigenvalue weighted by Crippen LogP contribution is 2.17. The van der Waals surface area contributed by atoms with Gasteiger partial charge in [-0.1, -0.05) is 24.3 Å². The van der Waals surface area contributed by atoms with Gasteiger partial charge in [-0.3, -0.25) is 9.69 Å². The molecule has 102 valence electrons. The molecule has 3 nitrogen and oxygen atoms in total. The first kappa shape index (κ1) is 13.7. The number of nitrogens with one attached hydrogen (secondary N) is 1. The van der Waals surface area contributed by atoms with E-state index < -0.39 is 0 Å². The molecule has 1 saturated heterocycles. The third-order valence-corrected chi connectivity index (χ3v) is 3.43. The minimum Gasteiger partial charge on any atom is -0.358 e. The van der Waals surface area contributed by atoms with Gasteiger partial charge in [0.1, 0.15) is 5.82 Å². The second-order valence-electron chi connectivity index (χ2n) is 4.72. The smallest absolute Gasteiger partial charge is 0.237 e. The van der Waals surface area contributed by atoms with E-state index in [0.717, 1.165) is 31.5 Å². The van der Waals surface area contributed by atoms with Crippen molar-refractivity contribution in [3.8, 4) is 0 Å². The van der Waals surface area contributed by atoms with Gasteiger partial charge < -0.3 is 5.32 Å². The molecule has 2 rings (SSSR count). The molecule has 19 heavy (non-hydrogen) atoms. The predicted octanol–water partition coefficient (Wildman–Crippen LogP) is 2.05. The number of halogens is 1. The fourth-order valence-corrected chi connectivity index (χ4v) is 2.41. The van der Waals surface area contributed by atoms with E-state index in [2.05, 4.69) is 10.2 Å². The average Bonchev–Trinajstić information content (AvgIpc) is 2.88. The lowest BCUT2D eigenvalue weighted by Crippen LogP contribution is -2.41. The highest BCUT2D eigenvalue weighted by molar-refractivity contribution is 5.81. The second kappa shape index (κ2) is 6.48. The van der Waals surface area contributed by atoms with E-state index in [1.165, 1.54) is 12.1 Å². The minimum absolute atomic E-state index is 0.0112. The fraction of sp³-hybridized carbons (Fsp3) is 0.400. The zero-order valence-corrected chi connectivity index (χ0v) is 11.1. The Morgan fingerprint density at radius 2 is 2.21 bits per heavy atom. The van der Waals surface area contributed by atoms with Gasteiger partial charge in [-0.25, -0.2) is 4.39 Å². The first-order valence-corrected chi connectivity index (χ1v) is 6.58. The Bertz CT molecular complexity index is 456. The Kier molecular flexibility index (Phi) is 4.68. The van der Waals surface area contributed by atoms with Gasteiger partial charge >= 0.3 is 0 Å². The molecule has 0 radical (unpaired) electrons. The lowest BCUT2D eigenvalue weighted by atomic mass is 10.2. The lowest BCUT2D eigenvalue weighted by molar-refractivity contribution is -0.124. The van der Waals surface area contributed by atoms with Gasteiger partial charge in [0.25, 0.3) is 0 Å². The van der Waals surface area contributed by atoms with Gasteiger partial charge in [0.15, 0.2) is 0 Å². The van der Waals surface area contributed by atoms with Gasteiger partial charge in [0.05, 0.1) is 6.04 Å². The molecule has 0 aliphatic carbocycles. The topological polar surface area (TPSA) is 32.3 Å². The Morgan fingerprint density at radius 1 is 1.47 bits per heavy atom. The van der Waals surface area contributed by atoms with Crippen LogP contribution in [0.25, 0.3) is 6.08 Å². The highest BCUT2D eigenvalue weighted by atomic mass is 19.1. The molecule has 0 spiro atoms. The third kappa shape index (κ3) is 3.64. The van der Waals surface area contributed by atoms with Crippen LogP contribution < -0.4 is 5.32 Å². The standard InChI is InChI=1S/C15H19FN2O/c1-17-15(19)14-5-3-11-18(14)10-2-4-12-6-8-13(16)9-7-12/h2,4,6-9,14H,3,5,10-11H2,1H3,(H,17,19). The highest BCUT2D eigenvalue weighted by Gasteiger charge is 2.28. The summed E-state index contributed by atoms with van der Waals surface area (Å²) in [4.78, 5) is 13.8. The van der Waals surface area contributed by atoms with E-state index in [1.54, 1.807) is 19.2 Å². The summed E-state index contributed by atoms with van der Waals surface area (Å²) in [7, 11) is 1.67. The predicted molar refractivity (Wildman–Crippen MR) is 74.1 cm³/mol. The van der Waals surface area contributed by atoms with Gasteiger partial charge in [-0.2, -0.15) is 0 Å². The molecule has 1 aliphatic heterocycles. The molecule has 0 bridgehead atoms. The fourth-order valence-electron chi connectivity index (χ4n) is 2.41. The summed E-state index contributed by atoms with van der Waals surface area (Å²) in [5.74, 6) is -0.135. The van der Waals surface area contributed by atoms with E-state index in [-0.39, 0.29) is 17.8 Å². The summed E-state index contributed by atoms with van der Waals surface area (Å²) in [6.45, 7) is 1.70. The molecule has 1 atom stereocenters. The Hall–Kier alpha value is -1.68. The molecule has 1 aliphatic rings. The molecule has 1 amide bonds. The van der Waals surface area contributed by atoms with Gasteiger partial charge in [0.2, 0.25) is 5.91 Å². The van der Waals surface area contributed by atoms with Crippen molar-refractivity contribution in [2.45, 2.75) is 18.9 Å².